The average Bonchev–Trinajstić information content (AvgIpc) is 2.87. The third-order valence-corrected chi connectivity index (χ3v) is 3.62. The van der Waals surface area contributed by atoms with E-state index in [4.69, 9.17) is 9.84 Å². The van der Waals surface area contributed by atoms with Crippen LogP contribution in [0.3, 0.4) is 0 Å². The number of nitrogens with zero attached hydrogens (tertiary/aromatic N) is 4. The third kappa shape index (κ3) is 3.64. The number of amides is 1. The van der Waals surface area contributed by atoms with Crippen LogP contribution < -0.4 is 0 Å². The first-order chi connectivity index (χ1) is 10.5. The Bertz CT molecular complexity index is 561. The van der Waals surface area contributed by atoms with Crippen molar-refractivity contribution in [3.05, 3.63) is 30.1 Å². The molecule has 1 N–H and O–H groups in total. The first-order valence-electron chi connectivity index (χ1n) is 7.02. The lowest BCUT2D eigenvalue weighted by atomic mass is 10.2. The molecule has 1 saturated heterocycles. The molecule has 8 nitrogen and oxygen atoms in total. The van der Waals surface area contributed by atoms with E-state index in [0.717, 1.165) is 0 Å². The molecule has 120 valence electrons. The van der Waals surface area contributed by atoms with Crippen molar-refractivity contribution in [1.82, 2.24) is 19.6 Å². The van der Waals surface area contributed by atoms with Gasteiger partial charge in [-0.15, -0.1) is 0 Å². The fourth-order valence-corrected chi connectivity index (χ4v) is 2.35. The number of aryl methyl sites for hydroxylation is 1. The zero-order valence-electron chi connectivity index (χ0n) is 12.6. The fourth-order valence-electron chi connectivity index (χ4n) is 2.35. The van der Waals surface area contributed by atoms with Gasteiger partial charge in [-0.3, -0.25) is 9.58 Å². The van der Waals surface area contributed by atoms with Gasteiger partial charge in [0.15, 0.2) is 0 Å². The molecule has 1 aromatic heterocycles. The minimum Gasteiger partial charge on any atom is -0.478 e. The lowest BCUT2D eigenvalue weighted by molar-refractivity contribution is 0.0691. The van der Waals surface area contributed by atoms with Crippen molar-refractivity contribution in [2.75, 3.05) is 32.8 Å². The maximum Gasteiger partial charge on any atom is 0.410 e. The second kappa shape index (κ2) is 7.08. The number of rotatable bonds is 5. The molecule has 1 amide bonds. The van der Waals surface area contributed by atoms with Gasteiger partial charge in [-0.25, -0.2) is 9.59 Å². The van der Waals surface area contributed by atoms with Gasteiger partial charge < -0.3 is 14.7 Å². The minimum absolute atomic E-state index is 0.204. The predicted octanol–water partition coefficient (Wildman–Crippen LogP) is 0.559. The fraction of sp³-hybridized carbons (Fsp3) is 0.500. The van der Waals surface area contributed by atoms with E-state index in [9.17, 15) is 9.59 Å². The van der Waals surface area contributed by atoms with Crippen molar-refractivity contribution in [2.45, 2.75) is 6.54 Å². The Balaban J connectivity index is 1.90. The number of carbonyl (C=O) groups excluding carboxylic acids is 1. The van der Waals surface area contributed by atoms with Crippen molar-refractivity contribution in [2.24, 2.45) is 7.05 Å². The molecule has 1 aromatic rings. The van der Waals surface area contributed by atoms with Gasteiger partial charge in [0.2, 0.25) is 0 Å². The number of hydrogen-bond acceptors (Lipinski definition) is 5. The minimum atomic E-state index is -0.977. The normalized spacial score (nSPS) is 15.6. The lowest BCUT2D eigenvalue weighted by Crippen LogP contribution is -2.48. The van der Waals surface area contributed by atoms with E-state index in [1.165, 1.54) is 12.3 Å². The van der Waals surface area contributed by atoms with Gasteiger partial charge in [0, 0.05) is 39.8 Å². The van der Waals surface area contributed by atoms with E-state index in [-0.39, 0.29) is 18.3 Å². The molecular formula is C14H20N4O4. The summed E-state index contributed by atoms with van der Waals surface area (Å²) in [4.78, 5) is 26.6. The van der Waals surface area contributed by atoms with Crippen LogP contribution in [0.25, 0.3) is 0 Å². The zero-order valence-corrected chi connectivity index (χ0v) is 12.6. The number of piperazine rings is 1. The number of aromatic nitrogens is 2. The Kier molecular flexibility index (Phi) is 5.16. The number of carboxylic acid groups (broad SMARTS) is 1. The molecule has 0 spiro atoms. The monoisotopic (exact) mass is 308 g/mol. The van der Waals surface area contributed by atoms with Gasteiger partial charge >= 0.3 is 12.1 Å². The molecule has 0 aromatic carbocycles. The van der Waals surface area contributed by atoms with Crippen LogP contribution >= 0.6 is 0 Å². The largest absolute Gasteiger partial charge is 0.478 e. The van der Waals surface area contributed by atoms with Crippen LogP contribution in [0.5, 0.6) is 0 Å². The van der Waals surface area contributed by atoms with E-state index >= 15 is 0 Å². The van der Waals surface area contributed by atoms with Crippen LogP contribution in [0.2, 0.25) is 0 Å². The smallest absolute Gasteiger partial charge is 0.410 e. The van der Waals surface area contributed by atoms with Gasteiger partial charge in [-0.05, 0) is 0 Å². The Morgan fingerprint density at radius 1 is 1.41 bits per heavy atom. The predicted molar refractivity (Wildman–Crippen MR) is 78.6 cm³/mol. The van der Waals surface area contributed by atoms with Gasteiger partial charge in [-0.2, -0.15) is 5.10 Å². The van der Waals surface area contributed by atoms with Crippen molar-refractivity contribution >= 4 is 12.1 Å². The van der Waals surface area contributed by atoms with Gasteiger partial charge in [0.1, 0.15) is 12.2 Å². The number of carboxylic acids is 1. The summed E-state index contributed by atoms with van der Waals surface area (Å²) in [5.74, 6) is -0.977. The highest BCUT2D eigenvalue weighted by Gasteiger charge is 2.24. The van der Waals surface area contributed by atoms with Gasteiger partial charge in [0.25, 0.3) is 0 Å². The van der Waals surface area contributed by atoms with Crippen LogP contribution in [-0.4, -0.2) is 69.5 Å². The summed E-state index contributed by atoms with van der Waals surface area (Å²) in [7, 11) is 1.73. The molecule has 8 heteroatoms. The van der Waals surface area contributed by atoms with E-state index in [2.05, 4.69) is 16.6 Å². The Morgan fingerprint density at radius 3 is 2.68 bits per heavy atom. The highest BCUT2D eigenvalue weighted by molar-refractivity contribution is 5.88. The average molecular weight is 308 g/mol. The molecule has 1 aliphatic heterocycles. The van der Waals surface area contributed by atoms with Gasteiger partial charge in [-0.1, -0.05) is 12.7 Å². The molecule has 0 saturated carbocycles. The molecule has 1 fully saturated rings. The molecule has 22 heavy (non-hydrogen) atoms. The summed E-state index contributed by atoms with van der Waals surface area (Å²) in [6.45, 7) is 6.62. The second-order valence-electron chi connectivity index (χ2n) is 5.06. The standard InChI is InChI=1S/C14H20N4O4/c1-3-8-22-14(21)18-6-4-17(5-7-18)10-12-11(13(19)20)9-15-16(12)2/h3,9H,1,4-8,10H2,2H3,(H,19,20). The van der Waals surface area contributed by atoms with Crippen LogP contribution in [0.4, 0.5) is 4.79 Å². The number of ether oxygens (including phenoxy) is 1. The van der Waals surface area contributed by atoms with Crippen LogP contribution in [0, 0.1) is 0 Å². The van der Waals surface area contributed by atoms with E-state index < -0.39 is 5.97 Å². The Morgan fingerprint density at radius 2 is 2.09 bits per heavy atom. The van der Waals surface area contributed by atoms with Crippen molar-refractivity contribution in [3.63, 3.8) is 0 Å². The summed E-state index contributed by atoms with van der Waals surface area (Å²) in [5, 5.41) is 13.2. The van der Waals surface area contributed by atoms with Crippen molar-refractivity contribution < 1.29 is 19.4 Å². The molecule has 1 aliphatic rings. The maximum absolute atomic E-state index is 11.7. The maximum atomic E-state index is 11.7. The Hall–Kier alpha value is -2.35. The number of hydrogen-bond donors (Lipinski definition) is 1. The van der Waals surface area contributed by atoms with E-state index in [1.54, 1.807) is 16.6 Å². The van der Waals surface area contributed by atoms with Crippen LogP contribution in [0.1, 0.15) is 16.1 Å². The highest BCUT2D eigenvalue weighted by Crippen LogP contribution is 2.13. The molecule has 0 aliphatic carbocycles. The van der Waals surface area contributed by atoms with Crippen LogP contribution in [-0.2, 0) is 18.3 Å². The molecular weight excluding hydrogens is 288 g/mol. The summed E-state index contributed by atoms with van der Waals surface area (Å²) in [6.07, 6.45) is 2.55. The van der Waals surface area contributed by atoms with Crippen molar-refractivity contribution in [1.29, 1.82) is 0 Å². The van der Waals surface area contributed by atoms with E-state index in [0.29, 0.717) is 38.4 Å². The molecule has 0 bridgehead atoms. The summed E-state index contributed by atoms with van der Waals surface area (Å²) < 4.78 is 6.58. The topological polar surface area (TPSA) is 87.9 Å². The molecule has 2 heterocycles. The van der Waals surface area contributed by atoms with Gasteiger partial charge in [0.05, 0.1) is 11.9 Å². The zero-order chi connectivity index (χ0) is 16.1. The molecule has 0 radical (unpaired) electrons. The first-order valence-corrected chi connectivity index (χ1v) is 7.02. The first kappa shape index (κ1) is 16.0. The Labute approximate surface area is 128 Å². The highest BCUT2D eigenvalue weighted by atomic mass is 16.6. The summed E-state index contributed by atoms with van der Waals surface area (Å²) >= 11 is 0. The quantitative estimate of drug-likeness (QED) is 0.800. The lowest BCUT2D eigenvalue weighted by Gasteiger charge is -2.34. The summed E-state index contributed by atoms with van der Waals surface area (Å²) in [5.41, 5.74) is 0.880. The summed E-state index contributed by atoms with van der Waals surface area (Å²) in [6, 6.07) is 0. The third-order valence-electron chi connectivity index (χ3n) is 3.62. The van der Waals surface area contributed by atoms with Crippen LogP contribution in [0.15, 0.2) is 18.9 Å². The molecule has 0 atom stereocenters. The SMILES string of the molecule is C=CCOC(=O)N1CCN(Cc2c(C(=O)O)cnn2C)CC1. The molecule has 0 unspecified atom stereocenters. The number of carbonyl (C=O) groups is 2. The second-order valence-corrected chi connectivity index (χ2v) is 5.06. The molecule has 2 rings (SSSR count). The van der Waals surface area contributed by atoms with E-state index in [1.807, 2.05) is 0 Å². The van der Waals surface area contributed by atoms with Crippen molar-refractivity contribution in [3.8, 4) is 0 Å². The number of aromatic carboxylic acids is 1.